The third kappa shape index (κ3) is 2.66. The Balaban J connectivity index is 2.44. The summed E-state index contributed by atoms with van der Waals surface area (Å²) >= 11 is 17.4. The molecule has 18 heavy (non-hydrogen) atoms. The van der Waals surface area contributed by atoms with E-state index in [9.17, 15) is 9.18 Å². The fraction of sp³-hybridized carbons (Fsp3) is 0. The summed E-state index contributed by atoms with van der Waals surface area (Å²) in [4.78, 5) is 12.1. The predicted molar refractivity (Wildman–Crippen MR) is 71.3 cm³/mol. The van der Waals surface area contributed by atoms with Gasteiger partial charge in [-0.05, 0) is 36.4 Å². The maximum Gasteiger partial charge on any atom is 0.194 e. The van der Waals surface area contributed by atoms with Crippen molar-refractivity contribution in [2.75, 3.05) is 0 Å². The standard InChI is InChI=1S/C13H6Cl3FO/c14-10-4-1-7(5-12(10)16)13(18)9-3-2-8(17)6-11(9)15/h1-6H. The van der Waals surface area contributed by atoms with Gasteiger partial charge in [-0.25, -0.2) is 4.39 Å². The zero-order valence-electron chi connectivity index (χ0n) is 8.88. The summed E-state index contributed by atoms with van der Waals surface area (Å²) in [7, 11) is 0. The van der Waals surface area contributed by atoms with Crippen LogP contribution in [0.5, 0.6) is 0 Å². The smallest absolute Gasteiger partial charge is 0.194 e. The van der Waals surface area contributed by atoms with Gasteiger partial charge >= 0.3 is 0 Å². The molecular formula is C13H6Cl3FO. The topological polar surface area (TPSA) is 17.1 Å². The molecule has 0 atom stereocenters. The third-order valence-corrected chi connectivity index (χ3v) is 3.41. The lowest BCUT2D eigenvalue weighted by atomic mass is 10.0. The summed E-state index contributed by atoms with van der Waals surface area (Å²) in [5.41, 5.74) is 0.564. The second kappa shape index (κ2) is 5.27. The molecule has 0 spiro atoms. The average molecular weight is 304 g/mol. The molecule has 92 valence electrons. The molecule has 0 saturated carbocycles. The molecule has 0 aromatic heterocycles. The Bertz CT molecular complexity index is 626. The molecule has 2 aromatic rings. The highest BCUT2D eigenvalue weighted by molar-refractivity contribution is 6.42. The van der Waals surface area contributed by atoms with Crippen molar-refractivity contribution in [2.45, 2.75) is 0 Å². The molecule has 0 aliphatic heterocycles. The van der Waals surface area contributed by atoms with Crippen LogP contribution in [-0.4, -0.2) is 5.78 Å². The summed E-state index contributed by atoms with van der Waals surface area (Å²) in [5, 5.41) is 0.699. The van der Waals surface area contributed by atoms with Crippen molar-refractivity contribution >= 4 is 40.6 Å². The SMILES string of the molecule is O=C(c1ccc(Cl)c(Cl)c1)c1ccc(F)cc1Cl. The Kier molecular flexibility index (Phi) is 3.91. The fourth-order valence-electron chi connectivity index (χ4n) is 1.47. The van der Waals surface area contributed by atoms with Crippen LogP contribution in [0.4, 0.5) is 4.39 Å². The van der Waals surface area contributed by atoms with Gasteiger partial charge in [-0.1, -0.05) is 34.8 Å². The number of halogens is 4. The number of carbonyl (C=O) groups excluding carboxylic acids is 1. The quantitative estimate of drug-likeness (QED) is 0.712. The maximum atomic E-state index is 12.9. The summed E-state index contributed by atoms with van der Waals surface area (Å²) in [6.45, 7) is 0. The molecule has 0 unspecified atom stereocenters. The molecule has 0 amide bonds. The molecule has 2 aromatic carbocycles. The normalized spacial score (nSPS) is 10.4. The first-order valence-corrected chi connectivity index (χ1v) is 6.07. The lowest BCUT2D eigenvalue weighted by Gasteiger charge is -2.05. The van der Waals surface area contributed by atoms with E-state index in [1.807, 2.05) is 0 Å². The van der Waals surface area contributed by atoms with E-state index in [0.717, 1.165) is 6.07 Å². The number of hydrogen-bond acceptors (Lipinski definition) is 1. The van der Waals surface area contributed by atoms with Crippen LogP contribution in [0.25, 0.3) is 0 Å². The van der Waals surface area contributed by atoms with E-state index in [2.05, 4.69) is 0 Å². The maximum absolute atomic E-state index is 12.9. The molecule has 1 nitrogen and oxygen atoms in total. The molecule has 2 rings (SSSR count). The van der Waals surface area contributed by atoms with E-state index in [0.29, 0.717) is 10.6 Å². The minimum Gasteiger partial charge on any atom is -0.289 e. The highest BCUT2D eigenvalue weighted by atomic mass is 35.5. The number of benzene rings is 2. The van der Waals surface area contributed by atoms with E-state index in [1.165, 1.54) is 30.3 Å². The summed E-state index contributed by atoms with van der Waals surface area (Å²) < 4.78 is 12.9. The van der Waals surface area contributed by atoms with Crippen molar-refractivity contribution in [3.8, 4) is 0 Å². The monoisotopic (exact) mass is 302 g/mol. The van der Waals surface area contributed by atoms with Crippen molar-refractivity contribution in [3.05, 3.63) is 68.4 Å². The Morgan fingerprint density at radius 2 is 1.61 bits per heavy atom. The largest absolute Gasteiger partial charge is 0.289 e. The molecule has 0 heterocycles. The number of carbonyl (C=O) groups is 1. The Morgan fingerprint density at radius 3 is 2.22 bits per heavy atom. The predicted octanol–water partition coefficient (Wildman–Crippen LogP) is 5.02. The third-order valence-electron chi connectivity index (χ3n) is 2.36. The van der Waals surface area contributed by atoms with Gasteiger partial charge in [0.15, 0.2) is 5.78 Å². The van der Waals surface area contributed by atoms with Crippen LogP contribution >= 0.6 is 34.8 Å². The minimum atomic E-state index is -0.495. The Labute approximate surface area is 118 Å². The van der Waals surface area contributed by atoms with E-state index in [1.54, 1.807) is 0 Å². The molecule has 0 radical (unpaired) electrons. The van der Waals surface area contributed by atoms with Gasteiger partial charge in [-0.2, -0.15) is 0 Å². The lowest BCUT2D eigenvalue weighted by molar-refractivity contribution is 0.103. The summed E-state index contributed by atoms with van der Waals surface area (Å²) in [6.07, 6.45) is 0. The molecule has 0 aliphatic carbocycles. The molecular weight excluding hydrogens is 297 g/mol. The van der Waals surface area contributed by atoms with Gasteiger partial charge in [0.25, 0.3) is 0 Å². The first-order valence-electron chi connectivity index (χ1n) is 4.94. The van der Waals surface area contributed by atoms with Crippen LogP contribution in [0, 0.1) is 5.82 Å². The number of hydrogen-bond donors (Lipinski definition) is 0. The Hall–Kier alpha value is -1.09. The number of ketones is 1. The molecule has 0 bridgehead atoms. The van der Waals surface area contributed by atoms with Crippen LogP contribution < -0.4 is 0 Å². The van der Waals surface area contributed by atoms with Crippen LogP contribution in [0.1, 0.15) is 15.9 Å². The molecule has 0 N–H and O–H groups in total. The van der Waals surface area contributed by atoms with Crippen LogP contribution in [0.15, 0.2) is 36.4 Å². The van der Waals surface area contributed by atoms with Gasteiger partial charge in [0.2, 0.25) is 0 Å². The van der Waals surface area contributed by atoms with Gasteiger partial charge in [0.05, 0.1) is 15.1 Å². The van der Waals surface area contributed by atoms with Gasteiger partial charge in [-0.15, -0.1) is 0 Å². The highest BCUT2D eigenvalue weighted by Gasteiger charge is 2.14. The lowest BCUT2D eigenvalue weighted by Crippen LogP contribution is -2.02. The van der Waals surface area contributed by atoms with E-state index >= 15 is 0 Å². The second-order valence-corrected chi connectivity index (χ2v) is 4.80. The minimum absolute atomic E-state index is 0.0612. The number of rotatable bonds is 2. The van der Waals surface area contributed by atoms with E-state index in [-0.39, 0.29) is 21.4 Å². The summed E-state index contributed by atoms with van der Waals surface area (Å²) in [6, 6.07) is 8.11. The molecule has 0 saturated heterocycles. The van der Waals surface area contributed by atoms with Crippen molar-refractivity contribution < 1.29 is 9.18 Å². The van der Waals surface area contributed by atoms with Crippen LogP contribution in [0.2, 0.25) is 15.1 Å². The van der Waals surface area contributed by atoms with Gasteiger partial charge in [0.1, 0.15) is 5.82 Å². The molecule has 0 fully saturated rings. The second-order valence-electron chi connectivity index (χ2n) is 3.58. The first kappa shape index (κ1) is 13.3. The van der Waals surface area contributed by atoms with Crippen LogP contribution in [0.3, 0.4) is 0 Å². The van der Waals surface area contributed by atoms with Crippen molar-refractivity contribution in [2.24, 2.45) is 0 Å². The first-order chi connectivity index (χ1) is 8.49. The van der Waals surface area contributed by atoms with Gasteiger partial charge in [0, 0.05) is 11.1 Å². The molecule has 0 aliphatic rings. The summed E-state index contributed by atoms with van der Waals surface area (Å²) in [5.74, 6) is -0.829. The zero-order valence-corrected chi connectivity index (χ0v) is 11.2. The van der Waals surface area contributed by atoms with E-state index < -0.39 is 5.82 Å². The van der Waals surface area contributed by atoms with E-state index in [4.69, 9.17) is 34.8 Å². The highest BCUT2D eigenvalue weighted by Crippen LogP contribution is 2.26. The van der Waals surface area contributed by atoms with Crippen molar-refractivity contribution in [1.82, 2.24) is 0 Å². The Morgan fingerprint density at radius 1 is 0.889 bits per heavy atom. The van der Waals surface area contributed by atoms with Gasteiger partial charge < -0.3 is 0 Å². The zero-order chi connectivity index (χ0) is 13.3. The fourth-order valence-corrected chi connectivity index (χ4v) is 2.02. The van der Waals surface area contributed by atoms with Crippen molar-refractivity contribution in [3.63, 3.8) is 0 Å². The average Bonchev–Trinajstić information content (AvgIpc) is 2.32. The molecule has 5 heteroatoms. The van der Waals surface area contributed by atoms with Crippen molar-refractivity contribution in [1.29, 1.82) is 0 Å². The van der Waals surface area contributed by atoms with Crippen LogP contribution in [-0.2, 0) is 0 Å². The van der Waals surface area contributed by atoms with Gasteiger partial charge in [-0.3, -0.25) is 4.79 Å².